The molecule has 1 aromatic carbocycles. The summed E-state index contributed by atoms with van der Waals surface area (Å²) in [5, 5.41) is 10.5. The molecule has 1 unspecified atom stereocenters. The van der Waals surface area contributed by atoms with E-state index < -0.39 is 0 Å². The molecule has 9 heteroatoms. The molecule has 3 rings (SSSR count). The third-order valence-corrected chi connectivity index (χ3v) is 5.34. The van der Waals surface area contributed by atoms with Crippen molar-refractivity contribution in [3.63, 3.8) is 0 Å². The van der Waals surface area contributed by atoms with Crippen molar-refractivity contribution in [2.45, 2.75) is 37.1 Å². The zero-order valence-corrected chi connectivity index (χ0v) is 15.8. The molecular formula is C17H21ClN4O3S. The molecule has 26 heavy (non-hydrogen) atoms. The Morgan fingerprint density at radius 3 is 2.96 bits per heavy atom. The van der Waals surface area contributed by atoms with Crippen LogP contribution in [0.4, 0.5) is 0 Å². The zero-order valence-electron chi connectivity index (χ0n) is 14.2. The van der Waals surface area contributed by atoms with Crippen LogP contribution in [-0.2, 0) is 22.5 Å². The molecule has 2 N–H and O–H groups in total. The van der Waals surface area contributed by atoms with Crippen LogP contribution in [0, 0.1) is 0 Å². The summed E-state index contributed by atoms with van der Waals surface area (Å²) in [4.78, 5) is 23.9. The molecular weight excluding hydrogens is 376 g/mol. The molecule has 1 aromatic heterocycles. The van der Waals surface area contributed by atoms with Gasteiger partial charge in [0.1, 0.15) is 0 Å². The summed E-state index contributed by atoms with van der Waals surface area (Å²) >= 11 is 7.09. The highest BCUT2D eigenvalue weighted by atomic mass is 35.5. The second kappa shape index (κ2) is 9.25. The van der Waals surface area contributed by atoms with Crippen LogP contribution < -0.4 is 11.0 Å². The van der Waals surface area contributed by atoms with Crippen LogP contribution in [0.15, 0.2) is 34.2 Å². The number of nitrogens with one attached hydrogen (secondary N) is 2. The molecule has 1 amide bonds. The van der Waals surface area contributed by atoms with E-state index in [4.69, 9.17) is 16.3 Å². The van der Waals surface area contributed by atoms with Crippen molar-refractivity contribution in [1.82, 2.24) is 20.1 Å². The first-order chi connectivity index (χ1) is 12.6. The Balaban J connectivity index is 1.44. The molecule has 0 aliphatic carbocycles. The van der Waals surface area contributed by atoms with Crippen LogP contribution in [0.2, 0.25) is 5.02 Å². The SMILES string of the molecule is O=C(CSc1n[nH]c(=O)n1CC1CCCO1)NCCc1ccc(Cl)cc1. The van der Waals surface area contributed by atoms with Crippen LogP contribution in [0.3, 0.4) is 0 Å². The first kappa shape index (κ1) is 19.0. The Hall–Kier alpha value is -1.77. The van der Waals surface area contributed by atoms with E-state index in [1.807, 2.05) is 24.3 Å². The summed E-state index contributed by atoms with van der Waals surface area (Å²) in [7, 11) is 0. The minimum atomic E-state index is -0.272. The number of rotatable bonds is 8. The Morgan fingerprint density at radius 1 is 1.42 bits per heavy atom. The maximum absolute atomic E-state index is 12.0. The lowest BCUT2D eigenvalue weighted by Crippen LogP contribution is -2.28. The van der Waals surface area contributed by atoms with E-state index in [2.05, 4.69) is 15.5 Å². The van der Waals surface area contributed by atoms with Gasteiger partial charge < -0.3 is 10.1 Å². The monoisotopic (exact) mass is 396 g/mol. The van der Waals surface area contributed by atoms with Gasteiger partial charge in [-0.25, -0.2) is 9.89 Å². The maximum Gasteiger partial charge on any atom is 0.344 e. The second-order valence-corrected chi connectivity index (χ2v) is 7.45. The summed E-state index contributed by atoms with van der Waals surface area (Å²) < 4.78 is 7.11. The number of nitrogens with zero attached hydrogens (tertiary/aromatic N) is 2. The molecule has 7 nitrogen and oxygen atoms in total. The number of H-pyrrole nitrogens is 1. The predicted octanol–water partition coefficient (Wildman–Crippen LogP) is 1.85. The van der Waals surface area contributed by atoms with Crippen molar-refractivity contribution in [2.24, 2.45) is 0 Å². The number of carbonyl (C=O) groups excluding carboxylic acids is 1. The molecule has 1 aliphatic heterocycles. The van der Waals surface area contributed by atoms with Crippen molar-refractivity contribution in [1.29, 1.82) is 0 Å². The van der Waals surface area contributed by atoms with Gasteiger partial charge in [-0.2, -0.15) is 0 Å². The minimum absolute atomic E-state index is 0.0397. The molecule has 1 aliphatic rings. The minimum Gasteiger partial charge on any atom is -0.376 e. The predicted molar refractivity (Wildman–Crippen MR) is 101 cm³/mol. The Morgan fingerprint density at radius 2 is 2.23 bits per heavy atom. The number of hydrogen-bond donors (Lipinski definition) is 2. The van der Waals surface area contributed by atoms with Crippen molar-refractivity contribution in [3.8, 4) is 0 Å². The van der Waals surface area contributed by atoms with Crippen molar-refractivity contribution in [2.75, 3.05) is 18.9 Å². The topological polar surface area (TPSA) is 89.0 Å². The number of ether oxygens (including phenoxy) is 1. The van der Waals surface area contributed by atoms with Gasteiger partial charge >= 0.3 is 5.69 Å². The van der Waals surface area contributed by atoms with Crippen molar-refractivity contribution >= 4 is 29.3 Å². The highest BCUT2D eigenvalue weighted by Crippen LogP contribution is 2.17. The van der Waals surface area contributed by atoms with Gasteiger partial charge in [0.2, 0.25) is 5.91 Å². The lowest BCUT2D eigenvalue weighted by molar-refractivity contribution is -0.118. The summed E-state index contributed by atoms with van der Waals surface area (Å²) in [5.41, 5.74) is 0.839. The van der Waals surface area contributed by atoms with Crippen LogP contribution in [0.1, 0.15) is 18.4 Å². The normalized spacial score (nSPS) is 16.7. The molecule has 0 radical (unpaired) electrons. The molecule has 1 atom stereocenters. The average molecular weight is 397 g/mol. The number of aromatic nitrogens is 3. The van der Waals surface area contributed by atoms with E-state index >= 15 is 0 Å². The highest BCUT2D eigenvalue weighted by Gasteiger charge is 2.20. The van der Waals surface area contributed by atoms with Gasteiger partial charge in [-0.15, -0.1) is 5.10 Å². The van der Waals surface area contributed by atoms with Gasteiger partial charge in [0, 0.05) is 18.2 Å². The van der Waals surface area contributed by atoms with Gasteiger partial charge in [0.15, 0.2) is 5.16 Å². The molecule has 0 bridgehead atoms. The zero-order chi connectivity index (χ0) is 18.4. The number of amides is 1. The molecule has 2 heterocycles. The van der Waals surface area contributed by atoms with Gasteiger partial charge in [-0.3, -0.25) is 9.36 Å². The molecule has 140 valence electrons. The molecule has 2 aromatic rings. The first-order valence-corrected chi connectivity index (χ1v) is 9.89. The lowest BCUT2D eigenvalue weighted by Gasteiger charge is -2.11. The second-order valence-electron chi connectivity index (χ2n) is 6.07. The number of thioether (sulfide) groups is 1. The largest absolute Gasteiger partial charge is 0.376 e. The Bertz CT molecular complexity index is 784. The number of hydrogen-bond acceptors (Lipinski definition) is 5. The number of halogens is 1. The lowest BCUT2D eigenvalue weighted by atomic mass is 10.1. The average Bonchev–Trinajstić information content (AvgIpc) is 3.26. The number of aromatic amines is 1. The van der Waals surface area contributed by atoms with Crippen molar-refractivity contribution < 1.29 is 9.53 Å². The van der Waals surface area contributed by atoms with Crippen molar-refractivity contribution in [3.05, 3.63) is 45.3 Å². The number of benzene rings is 1. The van der Waals surface area contributed by atoms with E-state index in [0.717, 1.165) is 31.4 Å². The Labute approximate surface area is 160 Å². The molecule has 0 saturated carbocycles. The molecule has 0 spiro atoms. The smallest absolute Gasteiger partial charge is 0.344 e. The highest BCUT2D eigenvalue weighted by molar-refractivity contribution is 7.99. The third-order valence-electron chi connectivity index (χ3n) is 4.11. The van der Waals surface area contributed by atoms with E-state index in [0.29, 0.717) is 23.3 Å². The third kappa shape index (κ3) is 5.36. The van der Waals surface area contributed by atoms with E-state index in [9.17, 15) is 9.59 Å². The fraction of sp³-hybridized carbons (Fsp3) is 0.471. The first-order valence-electron chi connectivity index (χ1n) is 8.52. The van der Waals surface area contributed by atoms with E-state index in [-0.39, 0.29) is 23.5 Å². The van der Waals surface area contributed by atoms with Gasteiger partial charge in [0.25, 0.3) is 0 Å². The van der Waals surface area contributed by atoms with Crippen LogP contribution >= 0.6 is 23.4 Å². The maximum atomic E-state index is 12.0. The van der Waals surface area contributed by atoms with Crippen LogP contribution in [-0.4, -0.2) is 45.7 Å². The van der Waals surface area contributed by atoms with Gasteiger partial charge in [-0.1, -0.05) is 35.5 Å². The van der Waals surface area contributed by atoms with Crippen LogP contribution in [0.5, 0.6) is 0 Å². The molecule has 1 fully saturated rings. The molecule has 1 saturated heterocycles. The summed E-state index contributed by atoms with van der Waals surface area (Å²) in [6.07, 6.45) is 2.72. The standard InChI is InChI=1S/C17H21ClN4O3S/c18-13-5-3-12(4-6-13)7-8-19-15(23)11-26-17-21-20-16(24)22(17)10-14-2-1-9-25-14/h3-6,14H,1-2,7-11H2,(H,19,23)(H,20,24). The fourth-order valence-corrected chi connectivity index (χ4v) is 3.66. The van der Waals surface area contributed by atoms with Crippen LogP contribution in [0.25, 0.3) is 0 Å². The summed E-state index contributed by atoms with van der Waals surface area (Å²) in [6, 6.07) is 7.55. The van der Waals surface area contributed by atoms with Gasteiger partial charge in [-0.05, 0) is 37.0 Å². The van der Waals surface area contributed by atoms with E-state index in [1.165, 1.54) is 11.8 Å². The summed E-state index contributed by atoms with van der Waals surface area (Å²) in [6.45, 7) is 1.75. The van der Waals surface area contributed by atoms with E-state index in [1.54, 1.807) is 4.57 Å². The Kier molecular flexibility index (Phi) is 6.76. The summed E-state index contributed by atoms with van der Waals surface area (Å²) in [5.74, 6) is 0.110. The van der Waals surface area contributed by atoms with Gasteiger partial charge in [0.05, 0.1) is 18.4 Å². The quantitative estimate of drug-likeness (QED) is 0.665. The fourth-order valence-electron chi connectivity index (χ4n) is 2.74. The number of carbonyl (C=O) groups is 1.